The molecule has 0 radical (unpaired) electrons. The Bertz CT molecular complexity index is 471. The van der Waals surface area contributed by atoms with Crippen LogP contribution in [0.1, 0.15) is 37.3 Å². The number of anilines is 1. The Morgan fingerprint density at radius 3 is 2.56 bits per heavy atom. The first-order valence-corrected chi connectivity index (χ1v) is 6.49. The molecule has 0 aromatic heterocycles. The normalized spacial score (nSPS) is 23.1. The van der Waals surface area contributed by atoms with Crippen LogP contribution in [0.25, 0.3) is 0 Å². The van der Waals surface area contributed by atoms with E-state index in [1.165, 1.54) is 19.3 Å². The van der Waals surface area contributed by atoms with E-state index in [0.717, 1.165) is 22.7 Å². The van der Waals surface area contributed by atoms with Crippen LogP contribution in [0, 0.1) is 29.9 Å². The molecule has 4 heteroatoms. The lowest BCUT2D eigenvalue weighted by Gasteiger charge is -2.16. The molecule has 1 N–H and O–H groups in total. The molecule has 1 aromatic rings. The standard InChI is InChI=1S/C14H20N2O2/c1-9-4-5-12(6-9)15-13-7-11(3)14(16(17)18)8-10(13)2/h7-9,12,15H,4-6H2,1-3H3. The fraction of sp³-hybridized carbons (Fsp3) is 0.571. The third kappa shape index (κ3) is 2.63. The average molecular weight is 248 g/mol. The molecule has 1 aliphatic rings. The molecule has 0 heterocycles. The summed E-state index contributed by atoms with van der Waals surface area (Å²) in [5.74, 6) is 0.780. The van der Waals surface area contributed by atoms with Crippen LogP contribution < -0.4 is 5.32 Å². The number of hydrogen-bond acceptors (Lipinski definition) is 3. The van der Waals surface area contributed by atoms with Crippen LogP contribution in [0.3, 0.4) is 0 Å². The van der Waals surface area contributed by atoms with E-state index in [9.17, 15) is 10.1 Å². The van der Waals surface area contributed by atoms with Crippen LogP contribution in [-0.2, 0) is 0 Å². The minimum absolute atomic E-state index is 0.206. The summed E-state index contributed by atoms with van der Waals surface area (Å²) in [4.78, 5) is 10.5. The lowest BCUT2D eigenvalue weighted by molar-refractivity contribution is -0.385. The van der Waals surface area contributed by atoms with Gasteiger partial charge in [0.05, 0.1) is 4.92 Å². The predicted molar refractivity (Wildman–Crippen MR) is 73.0 cm³/mol. The van der Waals surface area contributed by atoms with Gasteiger partial charge in [-0.25, -0.2) is 0 Å². The van der Waals surface area contributed by atoms with Crippen molar-refractivity contribution < 1.29 is 4.92 Å². The van der Waals surface area contributed by atoms with E-state index in [1.807, 2.05) is 13.0 Å². The SMILES string of the molecule is Cc1cc([N+](=O)[O-])c(C)cc1NC1CCC(C)C1. The van der Waals surface area contributed by atoms with Gasteiger partial charge in [0, 0.05) is 23.4 Å². The Hall–Kier alpha value is -1.58. The summed E-state index contributed by atoms with van der Waals surface area (Å²) >= 11 is 0. The van der Waals surface area contributed by atoms with Crippen LogP contribution in [-0.4, -0.2) is 11.0 Å². The third-order valence-corrected chi connectivity index (χ3v) is 3.79. The Morgan fingerprint density at radius 2 is 2.00 bits per heavy atom. The first-order chi connectivity index (χ1) is 8.47. The van der Waals surface area contributed by atoms with E-state index < -0.39 is 0 Å². The van der Waals surface area contributed by atoms with Crippen molar-refractivity contribution in [3.05, 3.63) is 33.4 Å². The van der Waals surface area contributed by atoms with Crippen molar-refractivity contribution in [2.75, 3.05) is 5.32 Å². The number of benzene rings is 1. The molecule has 2 atom stereocenters. The molecule has 1 saturated carbocycles. The van der Waals surface area contributed by atoms with Crippen LogP contribution in [0.15, 0.2) is 12.1 Å². The lowest BCUT2D eigenvalue weighted by Crippen LogP contribution is -2.16. The quantitative estimate of drug-likeness (QED) is 0.653. The van der Waals surface area contributed by atoms with Gasteiger partial charge in [0.15, 0.2) is 0 Å². The van der Waals surface area contributed by atoms with Gasteiger partial charge in [-0.3, -0.25) is 10.1 Å². The number of nitrogens with one attached hydrogen (secondary N) is 1. The molecule has 0 aliphatic heterocycles. The van der Waals surface area contributed by atoms with Gasteiger partial charge in [0.25, 0.3) is 5.69 Å². The van der Waals surface area contributed by atoms with Crippen molar-refractivity contribution in [3.8, 4) is 0 Å². The van der Waals surface area contributed by atoms with Crippen molar-refractivity contribution in [3.63, 3.8) is 0 Å². The monoisotopic (exact) mass is 248 g/mol. The molecule has 0 amide bonds. The molecule has 0 bridgehead atoms. The highest BCUT2D eigenvalue weighted by molar-refractivity contribution is 5.59. The summed E-state index contributed by atoms with van der Waals surface area (Å²) in [6.45, 7) is 5.99. The molecule has 1 aliphatic carbocycles. The molecule has 2 unspecified atom stereocenters. The van der Waals surface area contributed by atoms with E-state index in [1.54, 1.807) is 13.0 Å². The summed E-state index contributed by atoms with van der Waals surface area (Å²) in [7, 11) is 0. The smallest absolute Gasteiger partial charge is 0.272 e. The zero-order valence-corrected chi connectivity index (χ0v) is 11.2. The number of rotatable bonds is 3. The fourth-order valence-electron chi connectivity index (χ4n) is 2.71. The van der Waals surface area contributed by atoms with Gasteiger partial charge >= 0.3 is 0 Å². The zero-order valence-electron chi connectivity index (χ0n) is 11.2. The minimum Gasteiger partial charge on any atom is -0.382 e. The Kier molecular flexibility index (Phi) is 3.55. The van der Waals surface area contributed by atoms with Gasteiger partial charge in [-0.05, 0) is 50.7 Å². The predicted octanol–water partition coefficient (Wildman–Crippen LogP) is 3.81. The van der Waals surface area contributed by atoms with E-state index in [2.05, 4.69) is 12.2 Å². The minimum atomic E-state index is -0.316. The highest BCUT2D eigenvalue weighted by Gasteiger charge is 2.22. The number of nitro benzene ring substituents is 1. The second-order valence-electron chi connectivity index (χ2n) is 5.47. The van der Waals surface area contributed by atoms with Crippen molar-refractivity contribution in [1.82, 2.24) is 0 Å². The van der Waals surface area contributed by atoms with Gasteiger partial charge in [0.2, 0.25) is 0 Å². The topological polar surface area (TPSA) is 55.2 Å². The summed E-state index contributed by atoms with van der Waals surface area (Å²) in [6.07, 6.45) is 3.65. The summed E-state index contributed by atoms with van der Waals surface area (Å²) in [5.41, 5.74) is 2.92. The Morgan fingerprint density at radius 1 is 1.28 bits per heavy atom. The zero-order chi connectivity index (χ0) is 13.3. The summed E-state index contributed by atoms with van der Waals surface area (Å²) in [6, 6.07) is 4.08. The number of hydrogen-bond donors (Lipinski definition) is 1. The van der Waals surface area contributed by atoms with Gasteiger partial charge in [-0.2, -0.15) is 0 Å². The van der Waals surface area contributed by atoms with Crippen LogP contribution in [0.5, 0.6) is 0 Å². The number of nitro groups is 1. The first kappa shape index (κ1) is 12.9. The fourth-order valence-corrected chi connectivity index (χ4v) is 2.71. The molecule has 4 nitrogen and oxygen atoms in total. The van der Waals surface area contributed by atoms with E-state index in [0.29, 0.717) is 6.04 Å². The number of nitrogens with zero attached hydrogens (tertiary/aromatic N) is 1. The van der Waals surface area contributed by atoms with Crippen LogP contribution in [0.2, 0.25) is 0 Å². The molecular weight excluding hydrogens is 228 g/mol. The molecule has 0 spiro atoms. The highest BCUT2D eigenvalue weighted by atomic mass is 16.6. The third-order valence-electron chi connectivity index (χ3n) is 3.79. The van der Waals surface area contributed by atoms with Gasteiger partial charge in [0.1, 0.15) is 0 Å². The molecule has 2 rings (SSSR count). The molecule has 1 fully saturated rings. The van der Waals surface area contributed by atoms with Crippen molar-refractivity contribution in [1.29, 1.82) is 0 Å². The highest BCUT2D eigenvalue weighted by Crippen LogP contribution is 2.31. The molecule has 0 saturated heterocycles. The van der Waals surface area contributed by atoms with E-state index >= 15 is 0 Å². The molecule has 1 aromatic carbocycles. The van der Waals surface area contributed by atoms with Gasteiger partial charge in [-0.1, -0.05) is 6.92 Å². The largest absolute Gasteiger partial charge is 0.382 e. The van der Waals surface area contributed by atoms with E-state index in [4.69, 9.17) is 0 Å². The van der Waals surface area contributed by atoms with Gasteiger partial charge < -0.3 is 5.32 Å². The number of aryl methyl sites for hydroxylation is 2. The maximum atomic E-state index is 10.9. The van der Waals surface area contributed by atoms with Crippen molar-refractivity contribution in [2.24, 2.45) is 5.92 Å². The molecule has 98 valence electrons. The second kappa shape index (κ2) is 4.96. The molecule has 18 heavy (non-hydrogen) atoms. The van der Waals surface area contributed by atoms with E-state index in [-0.39, 0.29) is 10.6 Å². The Labute approximate surface area is 108 Å². The van der Waals surface area contributed by atoms with Crippen LogP contribution in [0.4, 0.5) is 11.4 Å². The maximum Gasteiger partial charge on any atom is 0.272 e. The lowest BCUT2D eigenvalue weighted by atomic mass is 10.1. The molecular formula is C14H20N2O2. The second-order valence-corrected chi connectivity index (χ2v) is 5.47. The summed E-state index contributed by atoms with van der Waals surface area (Å²) in [5, 5.41) is 14.4. The van der Waals surface area contributed by atoms with Gasteiger partial charge in [-0.15, -0.1) is 0 Å². The maximum absolute atomic E-state index is 10.9. The average Bonchev–Trinajstić information content (AvgIpc) is 2.68. The summed E-state index contributed by atoms with van der Waals surface area (Å²) < 4.78 is 0. The Balaban J connectivity index is 2.19. The first-order valence-electron chi connectivity index (χ1n) is 6.49. The van der Waals surface area contributed by atoms with Crippen molar-refractivity contribution in [2.45, 2.75) is 46.1 Å². The van der Waals surface area contributed by atoms with Crippen LogP contribution >= 0.6 is 0 Å². The van der Waals surface area contributed by atoms with Crippen molar-refractivity contribution >= 4 is 11.4 Å².